The van der Waals surface area contributed by atoms with Crippen LogP contribution in [-0.4, -0.2) is 169 Å². The van der Waals surface area contributed by atoms with E-state index in [4.69, 9.17) is 48.9 Å². The number of aliphatic hydroxyl groups excluding tert-OH is 4. The maximum Gasteiger partial charge on any atom is 0.200 e. The zero-order chi connectivity index (χ0) is 40.2. The highest BCUT2D eigenvalue weighted by Gasteiger charge is 2.20. The summed E-state index contributed by atoms with van der Waals surface area (Å²) in [5.74, 6) is 0. The average Bonchev–Trinajstić information content (AvgIpc) is 3.20. The van der Waals surface area contributed by atoms with E-state index in [9.17, 15) is 13.0 Å². The molecule has 15 nitrogen and oxygen atoms in total. The van der Waals surface area contributed by atoms with Crippen molar-refractivity contribution in [2.75, 3.05) is 124 Å². The molecule has 0 fully saturated rings. The molecule has 0 heterocycles. The summed E-state index contributed by atoms with van der Waals surface area (Å²) in [7, 11) is -4.82. The molecule has 0 bridgehead atoms. The van der Waals surface area contributed by atoms with Crippen LogP contribution in [0.2, 0.25) is 0 Å². The Morgan fingerprint density at radius 2 is 1.15 bits per heavy atom. The van der Waals surface area contributed by atoms with Crippen LogP contribution in [0.3, 0.4) is 0 Å². The molecule has 0 saturated carbocycles. The number of aliphatic hydroxyl groups is 4. The summed E-state index contributed by atoms with van der Waals surface area (Å²) >= 11 is 0. The van der Waals surface area contributed by atoms with Crippen LogP contribution in [0, 0.1) is 0 Å². The number of benzene rings is 2. The van der Waals surface area contributed by atoms with Gasteiger partial charge in [-0.15, -0.1) is 0 Å². The van der Waals surface area contributed by atoms with Crippen molar-refractivity contribution in [3.8, 4) is 0 Å². The molecule has 0 amide bonds. The van der Waals surface area contributed by atoms with Crippen molar-refractivity contribution in [2.24, 2.45) is 0 Å². The lowest BCUT2D eigenvalue weighted by atomic mass is 9.90. The third-order valence-electron chi connectivity index (χ3n) is 8.02. The molecule has 16 heteroatoms. The highest BCUT2D eigenvalue weighted by molar-refractivity contribution is 7.85. The zero-order valence-corrected chi connectivity index (χ0v) is 32.2. The Balaban J connectivity index is 0.00000514. The number of carbonyl (C=O) groups is 1. The smallest absolute Gasteiger partial charge is 0.200 e. The minimum atomic E-state index is -4.82. The van der Waals surface area contributed by atoms with E-state index in [1.165, 1.54) is 12.1 Å². The number of ether oxygens (including phenoxy) is 5. The molecule has 1 aliphatic rings. The van der Waals surface area contributed by atoms with Crippen LogP contribution in [0.4, 0.5) is 5.69 Å². The van der Waals surface area contributed by atoms with Crippen LogP contribution in [-0.2, 0) is 38.6 Å². The molecule has 1 aliphatic carbocycles. The molecular formula is C39H56N2O13S. The van der Waals surface area contributed by atoms with Crippen molar-refractivity contribution >= 4 is 33.9 Å². The van der Waals surface area contributed by atoms with Gasteiger partial charge in [-0.05, 0) is 47.1 Å². The SMILES string of the molecule is C=O.O=S(=O)([O-])c1ccccc1C(=C1C=CC(=[N+](CCCOCCO)CCOCCO)C=C1)c1ccc(N(CCOCCO)CCOCCOCCO)cc1. The number of hydrogen-bond donors (Lipinski definition) is 4. The van der Waals surface area contributed by atoms with Crippen molar-refractivity contribution in [1.29, 1.82) is 0 Å². The molecule has 55 heavy (non-hydrogen) atoms. The van der Waals surface area contributed by atoms with E-state index in [0.29, 0.717) is 89.0 Å². The lowest BCUT2D eigenvalue weighted by molar-refractivity contribution is -0.530. The summed E-state index contributed by atoms with van der Waals surface area (Å²) in [4.78, 5) is 9.75. The molecule has 2 aromatic carbocycles. The van der Waals surface area contributed by atoms with Gasteiger partial charge < -0.3 is 58.4 Å². The second kappa shape index (κ2) is 28.7. The summed E-state index contributed by atoms with van der Waals surface area (Å²) < 4.78 is 67.0. The molecule has 0 aliphatic heterocycles. The van der Waals surface area contributed by atoms with Gasteiger partial charge in [0.25, 0.3) is 0 Å². The Morgan fingerprint density at radius 1 is 0.636 bits per heavy atom. The lowest BCUT2D eigenvalue weighted by Gasteiger charge is -2.25. The summed E-state index contributed by atoms with van der Waals surface area (Å²) in [5.41, 5.74) is 4.00. The second-order valence-corrected chi connectivity index (χ2v) is 13.1. The van der Waals surface area contributed by atoms with Gasteiger partial charge in [0.15, 0.2) is 12.3 Å². The Bertz CT molecular complexity index is 1580. The van der Waals surface area contributed by atoms with Gasteiger partial charge in [0, 0.05) is 42.9 Å². The predicted octanol–water partition coefficient (Wildman–Crippen LogP) is 1.04. The van der Waals surface area contributed by atoms with Gasteiger partial charge in [-0.25, -0.2) is 13.0 Å². The van der Waals surface area contributed by atoms with Crippen molar-refractivity contribution < 1.29 is 66.5 Å². The highest BCUT2D eigenvalue weighted by atomic mass is 32.2. The van der Waals surface area contributed by atoms with E-state index in [2.05, 4.69) is 9.48 Å². The molecule has 0 unspecified atom stereocenters. The van der Waals surface area contributed by atoms with Crippen LogP contribution in [0.1, 0.15) is 17.5 Å². The van der Waals surface area contributed by atoms with Gasteiger partial charge in [-0.3, -0.25) is 0 Å². The van der Waals surface area contributed by atoms with Gasteiger partial charge in [-0.1, -0.05) is 30.3 Å². The maximum absolute atomic E-state index is 12.5. The fourth-order valence-electron chi connectivity index (χ4n) is 5.55. The van der Waals surface area contributed by atoms with Gasteiger partial charge in [0.05, 0.1) is 90.8 Å². The molecule has 0 spiro atoms. The zero-order valence-electron chi connectivity index (χ0n) is 31.3. The number of anilines is 1. The minimum Gasteiger partial charge on any atom is -0.744 e. The maximum atomic E-state index is 12.5. The number of carbonyl (C=O) groups excluding carboxylic acids is 1. The quantitative estimate of drug-likeness (QED) is 0.0540. The molecule has 2 aromatic rings. The Morgan fingerprint density at radius 3 is 1.71 bits per heavy atom. The second-order valence-electron chi connectivity index (χ2n) is 11.7. The highest BCUT2D eigenvalue weighted by Crippen LogP contribution is 2.34. The fourth-order valence-corrected chi connectivity index (χ4v) is 6.24. The van der Waals surface area contributed by atoms with Crippen LogP contribution < -0.4 is 4.90 Å². The topological polar surface area (TPSA) is 208 Å². The lowest BCUT2D eigenvalue weighted by Crippen LogP contribution is -2.31. The summed E-state index contributed by atoms with van der Waals surface area (Å²) in [6.07, 6.45) is 8.35. The first-order valence-corrected chi connectivity index (χ1v) is 19.5. The van der Waals surface area contributed by atoms with Crippen molar-refractivity contribution in [1.82, 2.24) is 0 Å². The number of allylic oxidation sites excluding steroid dienone is 5. The Labute approximate surface area is 324 Å². The molecule has 0 radical (unpaired) electrons. The third kappa shape index (κ3) is 17.8. The van der Waals surface area contributed by atoms with Crippen LogP contribution in [0.5, 0.6) is 0 Å². The first-order valence-electron chi connectivity index (χ1n) is 18.1. The number of hydrogen-bond acceptors (Lipinski definition) is 14. The van der Waals surface area contributed by atoms with E-state index in [0.717, 1.165) is 11.4 Å². The Kier molecular flexibility index (Phi) is 24.8. The summed E-state index contributed by atoms with van der Waals surface area (Å²) in [6.45, 7) is 7.37. The van der Waals surface area contributed by atoms with Gasteiger partial charge in [0.2, 0.25) is 0 Å². The molecule has 0 aromatic heterocycles. The minimum absolute atomic E-state index is 0.0460. The van der Waals surface area contributed by atoms with E-state index in [1.807, 2.05) is 55.4 Å². The largest absolute Gasteiger partial charge is 0.744 e. The van der Waals surface area contributed by atoms with E-state index in [1.54, 1.807) is 12.1 Å². The van der Waals surface area contributed by atoms with Crippen LogP contribution in [0.25, 0.3) is 5.57 Å². The molecular weight excluding hydrogens is 736 g/mol. The summed E-state index contributed by atoms with van der Waals surface area (Å²) in [5, 5.41) is 36.1. The standard InChI is InChI=1S/C38H54N2O12S.CH2O/c41-18-26-48-22-3-14-39(15-23-49-27-19-42)34-10-6-32(7-11-34)38(36-4-1-2-5-37(36)53(45,46)47)33-8-12-35(13-9-33)40(16-24-50-28-20-43)17-25-51-30-31-52-29-21-44;1-2/h1-2,4-13,41-44H,3,14-31H2;1H2. The van der Waals surface area contributed by atoms with E-state index in [-0.39, 0.29) is 63.3 Å². The van der Waals surface area contributed by atoms with Gasteiger partial charge in [-0.2, -0.15) is 0 Å². The summed E-state index contributed by atoms with van der Waals surface area (Å²) in [6, 6.07) is 13.8. The molecule has 306 valence electrons. The Hall–Kier alpha value is -3.65. The van der Waals surface area contributed by atoms with Crippen molar-refractivity contribution in [3.63, 3.8) is 0 Å². The van der Waals surface area contributed by atoms with E-state index >= 15 is 0 Å². The van der Waals surface area contributed by atoms with Crippen molar-refractivity contribution in [3.05, 3.63) is 89.5 Å². The number of nitrogens with zero attached hydrogens (tertiary/aromatic N) is 2. The van der Waals surface area contributed by atoms with Crippen LogP contribution >= 0.6 is 0 Å². The van der Waals surface area contributed by atoms with Gasteiger partial charge in [0.1, 0.15) is 30.1 Å². The van der Waals surface area contributed by atoms with E-state index < -0.39 is 10.1 Å². The number of rotatable bonds is 28. The first-order chi connectivity index (χ1) is 26.8. The van der Waals surface area contributed by atoms with Crippen molar-refractivity contribution in [2.45, 2.75) is 11.3 Å². The average molecular weight is 793 g/mol. The van der Waals surface area contributed by atoms with Gasteiger partial charge >= 0.3 is 0 Å². The molecule has 4 N–H and O–H groups in total. The molecule has 3 rings (SSSR count). The fraction of sp³-hybridized carbons (Fsp3) is 0.487. The molecule has 0 atom stereocenters. The predicted molar refractivity (Wildman–Crippen MR) is 207 cm³/mol. The third-order valence-corrected chi connectivity index (χ3v) is 8.91. The first kappa shape index (κ1) is 47.5. The monoisotopic (exact) mass is 792 g/mol. The normalized spacial score (nSPS) is 12.5. The van der Waals surface area contributed by atoms with Crippen LogP contribution in [0.15, 0.2) is 83.3 Å². The molecule has 0 saturated heterocycles.